The summed E-state index contributed by atoms with van der Waals surface area (Å²) in [6, 6.07) is 0. The van der Waals surface area contributed by atoms with Crippen molar-refractivity contribution < 1.29 is 0 Å². The summed E-state index contributed by atoms with van der Waals surface area (Å²) in [7, 11) is 2.00. The quantitative estimate of drug-likeness (QED) is 0.821. The first kappa shape index (κ1) is 11.6. The van der Waals surface area contributed by atoms with E-state index in [1.807, 2.05) is 7.05 Å². The highest BCUT2D eigenvalue weighted by Crippen LogP contribution is 2.25. The lowest BCUT2D eigenvalue weighted by atomic mass is 9.96. The molecule has 0 amide bonds. The van der Waals surface area contributed by atoms with Gasteiger partial charge >= 0.3 is 0 Å². The predicted octanol–water partition coefficient (Wildman–Crippen LogP) is 1.42. The third kappa shape index (κ3) is 2.46. The molecule has 0 aliphatic rings. The molecule has 3 N–H and O–H groups in total. The number of aromatic amines is 1. The zero-order valence-electron chi connectivity index (χ0n) is 10.7. The number of fused-ring (bicyclic) bond motifs is 1. The summed E-state index contributed by atoms with van der Waals surface area (Å²) in [6.45, 7) is 7.42. The molecule has 0 aliphatic carbocycles. The molecule has 0 spiro atoms. The summed E-state index contributed by atoms with van der Waals surface area (Å²) in [5.41, 5.74) is 6.55. The van der Waals surface area contributed by atoms with Crippen LogP contribution in [0.4, 0.5) is 11.8 Å². The standard InChI is InChI=1S/C11H18N6/c1-11(2,3)6-17(4)9-7-5-13-16-8(7)14-10(12)15-9/h5H,6H2,1-4H3,(H3,12,13,14,15,16). The van der Waals surface area contributed by atoms with Crippen LogP contribution in [0.1, 0.15) is 20.8 Å². The second kappa shape index (κ2) is 3.87. The number of hydrogen-bond donors (Lipinski definition) is 2. The Balaban J connectivity index is 2.43. The van der Waals surface area contributed by atoms with Crippen LogP contribution in [0.3, 0.4) is 0 Å². The number of nitrogens with one attached hydrogen (secondary N) is 1. The zero-order chi connectivity index (χ0) is 12.6. The van der Waals surface area contributed by atoms with Crippen molar-refractivity contribution >= 4 is 22.8 Å². The molecule has 17 heavy (non-hydrogen) atoms. The molecule has 0 atom stereocenters. The van der Waals surface area contributed by atoms with Gasteiger partial charge in [0, 0.05) is 13.6 Å². The Morgan fingerprint density at radius 3 is 2.71 bits per heavy atom. The minimum absolute atomic E-state index is 0.185. The predicted molar refractivity (Wildman–Crippen MR) is 68.8 cm³/mol. The Labute approximate surface area is 100 Å². The monoisotopic (exact) mass is 234 g/mol. The van der Waals surface area contributed by atoms with Gasteiger partial charge < -0.3 is 10.6 Å². The van der Waals surface area contributed by atoms with E-state index in [4.69, 9.17) is 5.73 Å². The molecule has 0 saturated heterocycles. The molecule has 2 aromatic heterocycles. The van der Waals surface area contributed by atoms with Gasteiger partial charge in [0.25, 0.3) is 0 Å². The van der Waals surface area contributed by atoms with E-state index in [1.165, 1.54) is 0 Å². The third-order valence-corrected chi connectivity index (χ3v) is 2.38. The summed E-state index contributed by atoms with van der Waals surface area (Å²) in [6.07, 6.45) is 1.73. The van der Waals surface area contributed by atoms with Crippen molar-refractivity contribution in [1.82, 2.24) is 20.2 Å². The van der Waals surface area contributed by atoms with Gasteiger partial charge in [-0.25, -0.2) is 0 Å². The molecule has 2 rings (SSSR count). The van der Waals surface area contributed by atoms with Gasteiger partial charge in [0.15, 0.2) is 5.65 Å². The van der Waals surface area contributed by atoms with Crippen LogP contribution >= 0.6 is 0 Å². The largest absolute Gasteiger partial charge is 0.368 e. The SMILES string of the molecule is CN(CC(C)(C)C)c1nc(N)nc2[nH]ncc12. The Hall–Kier alpha value is -1.85. The van der Waals surface area contributed by atoms with Gasteiger partial charge in [-0.05, 0) is 5.41 Å². The van der Waals surface area contributed by atoms with Crippen molar-refractivity contribution in [3.8, 4) is 0 Å². The fraction of sp³-hybridized carbons (Fsp3) is 0.545. The van der Waals surface area contributed by atoms with E-state index >= 15 is 0 Å². The second-order valence-corrected chi connectivity index (χ2v) is 5.45. The summed E-state index contributed by atoms with van der Waals surface area (Å²) >= 11 is 0. The maximum absolute atomic E-state index is 5.69. The molecule has 6 nitrogen and oxygen atoms in total. The van der Waals surface area contributed by atoms with Gasteiger partial charge in [-0.3, -0.25) is 5.10 Å². The van der Waals surface area contributed by atoms with Crippen molar-refractivity contribution in [1.29, 1.82) is 0 Å². The number of aromatic nitrogens is 4. The molecule has 2 heterocycles. The van der Waals surface area contributed by atoms with E-state index in [0.29, 0.717) is 5.65 Å². The highest BCUT2D eigenvalue weighted by Gasteiger charge is 2.18. The first-order chi connectivity index (χ1) is 7.87. The number of hydrogen-bond acceptors (Lipinski definition) is 5. The molecule has 0 bridgehead atoms. The van der Waals surface area contributed by atoms with Gasteiger partial charge in [0.2, 0.25) is 5.95 Å². The van der Waals surface area contributed by atoms with Crippen LogP contribution in [-0.4, -0.2) is 33.8 Å². The van der Waals surface area contributed by atoms with Gasteiger partial charge in [-0.15, -0.1) is 0 Å². The van der Waals surface area contributed by atoms with Crippen LogP contribution in [0.15, 0.2) is 6.20 Å². The van der Waals surface area contributed by atoms with Crippen molar-refractivity contribution in [2.24, 2.45) is 5.41 Å². The normalized spacial score (nSPS) is 12.0. The molecule has 6 heteroatoms. The highest BCUT2D eigenvalue weighted by molar-refractivity contribution is 5.87. The summed E-state index contributed by atoms with van der Waals surface area (Å²) < 4.78 is 0. The minimum Gasteiger partial charge on any atom is -0.368 e. The van der Waals surface area contributed by atoms with E-state index in [1.54, 1.807) is 6.20 Å². The molecule has 0 radical (unpaired) electrons. The van der Waals surface area contributed by atoms with Crippen LogP contribution in [0.2, 0.25) is 0 Å². The van der Waals surface area contributed by atoms with Crippen LogP contribution in [0, 0.1) is 5.41 Å². The Kier molecular flexibility index (Phi) is 2.65. The van der Waals surface area contributed by atoms with Crippen LogP contribution in [0.5, 0.6) is 0 Å². The van der Waals surface area contributed by atoms with Crippen molar-refractivity contribution in [2.75, 3.05) is 24.2 Å². The molecule has 0 fully saturated rings. The average molecular weight is 234 g/mol. The highest BCUT2D eigenvalue weighted by atomic mass is 15.2. The van der Waals surface area contributed by atoms with E-state index in [9.17, 15) is 0 Å². The number of nitrogens with two attached hydrogens (primary N) is 1. The van der Waals surface area contributed by atoms with Gasteiger partial charge in [0.1, 0.15) is 5.82 Å². The first-order valence-corrected chi connectivity index (χ1v) is 5.54. The van der Waals surface area contributed by atoms with Gasteiger partial charge in [-0.1, -0.05) is 20.8 Å². The maximum Gasteiger partial charge on any atom is 0.224 e. The maximum atomic E-state index is 5.69. The van der Waals surface area contributed by atoms with E-state index < -0.39 is 0 Å². The van der Waals surface area contributed by atoms with Gasteiger partial charge in [0.05, 0.1) is 11.6 Å². The number of nitrogens with zero attached hydrogens (tertiary/aromatic N) is 4. The molecular weight excluding hydrogens is 216 g/mol. The molecule has 92 valence electrons. The molecule has 2 aromatic rings. The van der Waals surface area contributed by atoms with Crippen molar-refractivity contribution in [3.05, 3.63) is 6.20 Å². The fourth-order valence-electron chi connectivity index (χ4n) is 1.91. The van der Waals surface area contributed by atoms with Crippen LogP contribution < -0.4 is 10.6 Å². The topological polar surface area (TPSA) is 83.7 Å². The number of rotatable bonds is 2. The van der Waals surface area contributed by atoms with E-state index in [0.717, 1.165) is 17.7 Å². The number of nitrogen functional groups attached to an aromatic ring is 1. The average Bonchev–Trinajstić information content (AvgIpc) is 2.60. The molecule has 0 saturated carbocycles. The number of H-pyrrole nitrogens is 1. The van der Waals surface area contributed by atoms with E-state index in [-0.39, 0.29) is 11.4 Å². The summed E-state index contributed by atoms with van der Waals surface area (Å²) in [4.78, 5) is 10.5. The first-order valence-electron chi connectivity index (χ1n) is 5.54. The Morgan fingerprint density at radius 1 is 1.35 bits per heavy atom. The smallest absolute Gasteiger partial charge is 0.224 e. The Morgan fingerprint density at radius 2 is 2.06 bits per heavy atom. The minimum atomic E-state index is 0.185. The summed E-state index contributed by atoms with van der Waals surface area (Å²) in [5.74, 6) is 1.08. The lowest BCUT2D eigenvalue weighted by Crippen LogP contribution is -2.30. The Bertz CT molecular complexity index is 524. The van der Waals surface area contributed by atoms with Crippen molar-refractivity contribution in [2.45, 2.75) is 20.8 Å². The lowest BCUT2D eigenvalue weighted by Gasteiger charge is -2.27. The number of anilines is 2. The third-order valence-electron chi connectivity index (χ3n) is 2.38. The molecule has 0 aromatic carbocycles. The second-order valence-electron chi connectivity index (χ2n) is 5.45. The van der Waals surface area contributed by atoms with Gasteiger partial charge in [-0.2, -0.15) is 15.1 Å². The zero-order valence-corrected chi connectivity index (χ0v) is 10.7. The van der Waals surface area contributed by atoms with Crippen LogP contribution in [-0.2, 0) is 0 Å². The van der Waals surface area contributed by atoms with Crippen LogP contribution in [0.25, 0.3) is 11.0 Å². The molecule has 0 unspecified atom stereocenters. The fourth-order valence-corrected chi connectivity index (χ4v) is 1.91. The lowest BCUT2D eigenvalue weighted by molar-refractivity contribution is 0.418. The van der Waals surface area contributed by atoms with Crippen molar-refractivity contribution in [3.63, 3.8) is 0 Å². The summed E-state index contributed by atoms with van der Waals surface area (Å²) in [5, 5.41) is 7.68. The molecule has 0 aliphatic heterocycles. The van der Waals surface area contributed by atoms with E-state index in [2.05, 4.69) is 45.8 Å². The molecular formula is C11H18N6.